The molecule has 0 fully saturated rings. The lowest BCUT2D eigenvalue weighted by Crippen LogP contribution is -2.17. The molecule has 1 unspecified atom stereocenters. The van der Waals surface area contributed by atoms with Gasteiger partial charge in [0.15, 0.2) is 5.82 Å². The highest BCUT2D eigenvalue weighted by atomic mass is 32.2. The maximum absolute atomic E-state index is 5.76. The van der Waals surface area contributed by atoms with Crippen molar-refractivity contribution in [3.8, 4) is 11.5 Å². The molecule has 7 heteroatoms. The van der Waals surface area contributed by atoms with Gasteiger partial charge < -0.3 is 14.9 Å². The quantitative estimate of drug-likeness (QED) is 0.769. The standard InChI is InChI=1S/C17H16N4O2S/c1-22-14-10-6-5-9-13(14)16-20-21-15(18-19-17(21)24-16)11-23-12-7-3-2-4-8-12/h2-10,16,20H,11H2,1H3. The lowest BCUT2D eigenvalue weighted by molar-refractivity contribution is 0.291. The van der Waals surface area contributed by atoms with Gasteiger partial charge in [0.25, 0.3) is 0 Å². The zero-order valence-corrected chi connectivity index (χ0v) is 13.9. The van der Waals surface area contributed by atoms with Gasteiger partial charge in [0.05, 0.1) is 7.11 Å². The second-order valence-corrected chi connectivity index (χ2v) is 6.28. The van der Waals surface area contributed by atoms with Crippen molar-refractivity contribution in [1.29, 1.82) is 0 Å². The van der Waals surface area contributed by atoms with Crippen LogP contribution in [0.5, 0.6) is 11.5 Å². The SMILES string of the molecule is COc1ccccc1C1Nn2c(COc3ccccc3)nnc2S1. The number of ether oxygens (including phenoxy) is 2. The van der Waals surface area contributed by atoms with Crippen molar-refractivity contribution in [3.05, 3.63) is 66.0 Å². The van der Waals surface area contributed by atoms with Crippen LogP contribution >= 0.6 is 11.8 Å². The molecule has 2 heterocycles. The van der Waals surface area contributed by atoms with Crippen LogP contribution in [0, 0.1) is 0 Å². The van der Waals surface area contributed by atoms with E-state index in [-0.39, 0.29) is 5.37 Å². The Morgan fingerprint density at radius 2 is 1.88 bits per heavy atom. The van der Waals surface area contributed by atoms with Gasteiger partial charge in [-0.3, -0.25) is 0 Å². The molecule has 1 aliphatic heterocycles. The van der Waals surface area contributed by atoms with Gasteiger partial charge in [-0.2, -0.15) is 0 Å². The van der Waals surface area contributed by atoms with Gasteiger partial charge in [0, 0.05) is 5.56 Å². The maximum Gasteiger partial charge on any atom is 0.212 e. The minimum absolute atomic E-state index is 0.0297. The Bertz CT molecular complexity index is 838. The summed E-state index contributed by atoms with van der Waals surface area (Å²) >= 11 is 1.60. The van der Waals surface area contributed by atoms with E-state index in [1.54, 1.807) is 18.9 Å². The molecular weight excluding hydrogens is 324 g/mol. The smallest absolute Gasteiger partial charge is 0.212 e. The molecule has 2 aromatic carbocycles. The Morgan fingerprint density at radius 1 is 1.08 bits per heavy atom. The molecule has 3 aromatic rings. The summed E-state index contributed by atoms with van der Waals surface area (Å²) in [5.74, 6) is 2.39. The zero-order valence-electron chi connectivity index (χ0n) is 13.0. The third-order valence-electron chi connectivity index (χ3n) is 3.70. The third kappa shape index (κ3) is 2.78. The highest BCUT2D eigenvalue weighted by molar-refractivity contribution is 7.99. The predicted molar refractivity (Wildman–Crippen MR) is 91.7 cm³/mol. The average molecular weight is 340 g/mol. The van der Waals surface area contributed by atoms with Crippen LogP contribution in [0.1, 0.15) is 16.8 Å². The molecule has 6 nitrogen and oxygen atoms in total. The maximum atomic E-state index is 5.76. The molecule has 122 valence electrons. The molecular formula is C17H16N4O2S. The van der Waals surface area contributed by atoms with Crippen LogP contribution < -0.4 is 14.9 Å². The molecule has 24 heavy (non-hydrogen) atoms. The number of hydrogen-bond donors (Lipinski definition) is 1. The van der Waals surface area contributed by atoms with E-state index in [0.717, 1.165) is 28.0 Å². The fraction of sp³-hybridized carbons (Fsp3) is 0.176. The van der Waals surface area contributed by atoms with Crippen LogP contribution in [0.3, 0.4) is 0 Å². The van der Waals surface area contributed by atoms with E-state index in [2.05, 4.69) is 15.6 Å². The highest BCUT2D eigenvalue weighted by Gasteiger charge is 2.29. The first-order chi connectivity index (χ1) is 11.8. The monoisotopic (exact) mass is 340 g/mol. The van der Waals surface area contributed by atoms with E-state index in [1.807, 2.05) is 59.3 Å². The number of hydrogen-bond acceptors (Lipinski definition) is 6. The Kier molecular flexibility index (Phi) is 4.00. The summed E-state index contributed by atoms with van der Waals surface area (Å²) in [6.45, 7) is 0.350. The number of rotatable bonds is 5. The first kappa shape index (κ1) is 14.9. The van der Waals surface area contributed by atoms with E-state index >= 15 is 0 Å². The number of aromatic nitrogens is 3. The van der Waals surface area contributed by atoms with Crippen molar-refractivity contribution in [2.24, 2.45) is 0 Å². The summed E-state index contributed by atoms with van der Waals surface area (Å²) in [5, 5.41) is 9.28. The number of thioether (sulfide) groups is 1. The number of benzene rings is 2. The second kappa shape index (κ2) is 6.45. The van der Waals surface area contributed by atoms with Gasteiger partial charge in [0.2, 0.25) is 5.16 Å². The third-order valence-corrected chi connectivity index (χ3v) is 4.77. The van der Waals surface area contributed by atoms with E-state index in [4.69, 9.17) is 9.47 Å². The lowest BCUT2D eigenvalue weighted by Gasteiger charge is -2.15. The van der Waals surface area contributed by atoms with Crippen molar-refractivity contribution >= 4 is 11.8 Å². The van der Waals surface area contributed by atoms with Gasteiger partial charge in [0.1, 0.15) is 23.5 Å². The molecule has 0 saturated heterocycles. The predicted octanol–water partition coefficient (Wildman–Crippen LogP) is 3.21. The van der Waals surface area contributed by atoms with Gasteiger partial charge in [-0.05, 0) is 18.2 Å². The highest BCUT2D eigenvalue weighted by Crippen LogP contribution is 2.41. The molecule has 0 aliphatic carbocycles. The van der Waals surface area contributed by atoms with Crippen molar-refractivity contribution in [2.75, 3.05) is 12.5 Å². The average Bonchev–Trinajstić information content (AvgIpc) is 3.22. The van der Waals surface area contributed by atoms with Crippen LogP contribution in [0.25, 0.3) is 0 Å². The molecule has 4 rings (SSSR count). The van der Waals surface area contributed by atoms with Crippen molar-refractivity contribution in [1.82, 2.24) is 14.9 Å². The first-order valence-corrected chi connectivity index (χ1v) is 8.41. The van der Waals surface area contributed by atoms with E-state index in [9.17, 15) is 0 Å². The van der Waals surface area contributed by atoms with E-state index < -0.39 is 0 Å². The van der Waals surface area contributed by atoms with Crippen LogP contribution in [0.15, 0.2) is 59.8 Å². The Labute approximate surface area is 143 Å². The molecule has 0 radical (unpaired) electrons. The fourth-order valence-corrected chi connectivity index (χ4v) is 3.57. The summed E-state index contributed by atoms with van der Waals surface area (Å²) in [7, 11) is 1.68. The van der Waals surface area contributed by atoms with E-state index in [1.165, 1.54) is 0 Å². The van der Waals surface area contributed by atoms with Crippen molar-refractivity contribution < 1.29 is 9.47 Å². The first-order valence-electron chi connectivity index (χ1n) is 7.53. The van der Waals surface area contributed by atoms with Gasteiger partial charge in [-0.1, -0.05) is 48.2 Å². The van der Waals surface area contributed by atoms with Crippen molar-refractivity contribution in [3.63, 3.8) is 0 Å². The molecule has 1 N–H and O–H groups in total. The summed E-state index contributed by atoms with van der Waals surface area (Å²) < 4.78 is 13.1. The number of methoxy groups -OCH3 is 1. The number of nitrogens with one attached hydrogen (secondary N) is 1. The van der Waals surface area contributed by atoms with Crippen LogP contribution in [0.2, 0.25) is 0 Å². The normalized spacial score (nSPS) is 15.6. The summed E-state index contributed by atoms with van der Waals surface area (Å²) in [6, 6.07) is 17.6. The molecule has 0 saturated carbocycles. The molecule has 0 spiro atoms. The van der Waals surface area contributed by atoms with Crippen LogP contribution in [0.4, 0.5) is 0 Å². The minimum Gasteiger partial charge on any atom is -0.496 e. The Morgan fingerprint density at radius 3 is 2.71 bits per heavy atom. The number of para-hydroxylation sites is 2. The number of nitrogens with zero attached hydrogens (tertiary/aromatic N) is 3. The largest absolute Gasteiger partial charge is 0.496 e. The molecule has 1 aliphatic rings. The molecule has 1 atom stereocenters. The summed E-state index contributed by atoms with van der Waals surface area (Å²) in [5.41, 5.74) is 4.48. The molecule has 0 amide bonds. The lowest BCUT2D eigenvalue weighted by atomic mass is 10.2. The van der Waals surface area contributed by atoms with Gasteiger partial charge >= 0.3 is 0 Å². The summed E-state index contributed by atoms with van der Waals surface area (Å²) in [6.07, 6.45) is 0. The Balaban J connectivity index is 1.50. The zero-order chi connectivity index (χ0) is 16.4. The van der Waals surface area contributed by atoms with Gasteiger partial charge in [-0.15, -0.1) is 10.2 Å². The topological polar surface area (TPSA) is 61.2 Å². The van der Waals surface area contributed by atoms with Crippen LogP contribution in [-0.4, -0.2) is 22.0 Å². The molecule has 0 bridgehead atoms. The number of fused-ring (bicyclic) bond motifs is 1. The van der Waals surface area contributed by atoms with E-state index in [0.29, 0.717) is 6.61 Å². The fourth-order valence-electron chi connectivity index (χ4n) is 2.53. The second-order valence-electron chi connectivity index (χ2n) is 5.20. The molecule has 1 aromatic heterocycles. The Hall–Kier alpha value is -2.67. The summed E-state index contributed by atoms with van der Waals surface area (Å²) in [4.78, 5) is 0. The van der Waals surface area contributed by atoms with Crippen molar-refractivity contribution in [2.45, 2.75) is 17.1 Å². The van der Waals surface area contributed by atoms with Gasteiger partial charge in [-0.25, -0.2) is 4.68 Å². The minimum atomic E-state index is 0.0297. The van der Waals surface area contributed by atoms with Crippen LogP contribution in [-0.2, 0) is 6.61 Å².